The molecule has 0 aliphatic carbocycles. The summed E-state index contributed by atoms with van der Waals surface area (Å²) < 4.78 is 5.37. The molecule has 5 nitrogen and oxygen atoms in total. The maximum absolute atomic E-state index is 5.37. The zero-order chi connectivity index (χ0) is 11.0. The molecule has 1 N–H and O–H groups in total. The van der Waals surface area contributed by atoms with Gasteiger partial charge in [0.05, 0.1) is 0 Å². The lowest BCUT2D eigenvalue weighted by Crippen LogP contribution is -2.44. The van der Waals surface area contributed by atoms with Gasteiger partial charge in [0.15, 0.2) is 0 Å². The van der Waals surface area contributed by atoms with Crippen LogP contribution in [0.4, 0.5) is 5.95 Å². The summed E-state index contributed by atoms with van der Waals surface area (Å²) in [6, 6.07) is 0. The minimum Gasteiger partial charge on any atom is -0.338 e. The summed E-state index contributed by atoms with van der Waals surface area (Å²) in [4.78, 5) is 6.72. The van der Waals surface area contributed by atoms with E-state index < -0.39 is 0 Å². The molecule has 2 aliphatic rings. The molecular weight excluding hydrogens is 204 g/mol. The zero-order valence-electron chi connectivity index (χ0n) is 9.65. The first-order valence-electron chi connectivity index (χ1n) is 6.14. The molecule has 3 heterocycles. The van der Waals surface area contributed by atoms with Crippen LogP contribution in [0.25, 0.3) is 0 Å². The van der Waals surface area contributed by atoms with Crippen molar-refractivity contribution in [3.63, 3.8) is 0 Å². The van der Waals surface area contributed by atoms with Gasteiger partial charge in [-0.1, -0.05) is 6.92 Å². The van der Waals surface area contributed by atoms with Crippen LogP contribution in [0.1, 0.15) is 31.6 Å². The third-order valence-corrected chi connectivity index (χ3v) is 3.73. The maximum Gasteiger partial charge on any atom is 0.266 e. The van der Waals surface area contributed by atoms with Crippen molar-refractivity contribution in [3.05, 3.63) is 5.89 Å². The summed E-state index contributed by atoms with van der Waals surface area (Å²) in [7, 11) is 0. The first kappa shape index (κ1) is 10.1. The van der Waals surface area contributed by atoms with Gasteiger partial charge < -0.3 is 14.7 Å². The molecule has 88 valence electrons. The first-order chi connectivity index (χ1) is 7.84. The average Bonchev–Trinajstić information content (AvgIpc) is 2.86. The van der Waals surface area contributed by atoms with Crippen LogP contribution in [0, 0.1) is 5.92 Å². The van der Waals surface area contributed by atoms with Crippen LogP contribution >= 0.6 is 0 Å². The molecule has 0 spiro atoms. The summed E-state index contributed by atoms with van der Waals surface area (Å²) >= 11 is 0. The Hall–Kier alpha value is -1.10. The smallest absolute Gasteiger partial charge is 0.266 e. The van der Waals surface area contributed by atoms with E-state index in [0.717, 1.165) is 38.0 Å². The van der Waals surface area contributed by atoms with Crippen LogP contribution in [0.3, 0.4) is 0 Å². The van der Waals surface area contributed by atoms with Gasteiger partial charge in [-0.15, -0.1) is 0 Å². The Morgan fingerprint density at radius 2 is 2.12 bits per heavy atom. The SMILES string of the molecule is CC(c1nc(N2CCCC2)no1)C1CNC1. The topological polar surface area (TPSA) is 54.2 Å². The molecule has 0 amide bonds. The maximum atomic E-state index is 5.37. The third kappa shape index (κ3) is 1.69. The molecule has 0 saturated carbocycles. The summed E-state index contributed by atoms with van der Waals surface area (Å²) in [5, 5.41) is 7.35. The minimum atomic E-state index is 0.380. The number of nitrogens with zero attached hydrogens (tertiary/aromatic N) is 3. The standard InChI is InChI=1S/C11H18N4O/c1-8(9-6-12-7-9)10-13-11(14-16-10)15-4-2-3-5-15/h8-9,12H,2-7H2,1H3. The van der Waals surface area contributed by atoms with E-state index in [2.05, 4.69) is 27.3 Å². The fourth-order valence-electron chi connectivity index (χ4n) is 2.32. The molecule has 1 aromatic rings. The predicted octanol–water partition coefficient (Wildman–Crippen LogP) is 0.993. The van der Waals surface area contributed by atoms with Gasteiger partial charge in [0.2, 0.25) is 5.89 Å². The van der Waals surface area contributed by atoms with E-state index in [0.29, 0.717) is 11.8 Å². The number of rotatable bonds is 3. The molecule has 0 radical (unpaired) electrons. The van der Waals surface area contributed by atoms with Crippen LogP contribution in [0.15, 0.2) is 4.52 Å². The zero-order valence-corrected chi connectivity index (χ0v) is 9.65. The van der Waals surface area contributed by atoms with Crippen LogP contribution in [-0.2, 0) is 0 Å². The molecule has 2 aliphatic heterocycles. The highest BCUT2D eigenvalue weighted by Gasteiger charge is 2.29. The van der Waals surface area contributed by atoms with E-state index in [-0.39, 0.29) is 0 Å². The molecule has 2 fully saturated rings. The van der Waals surface area contributed by atoms with Gasteiger partial charge >= 0.3 is 0 Å². The van der Waals surface area contributed by atoms with Crippen molar-refractivity contribution in [2.75, 3.05) is 31.1 Å². The first-order valence-corrected chi connectivity index (χ1v) is 6.14. The van der Waals surface area contributed by atoms with Crippen molar-refractivity contribution >= 4 is 5.95 Å². The molecule has 1 aromatic heterocycles. The van der Waals surface area contributed by atoms with E-state index in [1.54, 1.807) is 0 Å². The number of anilines is 1. The van der Waals surface area contributed by atoms with Gasteiger partial charge in [-0.3, -0.25) is 0 Å². The van der Waals surface area contributed by atoms with Crippen molar-refractivity contribution in [1.29, 1.82) is 0 Å². The molecule has 0 bridgehead atoms. The van der Waals surface area contributed by atoms with Crippen LogP contribution in [0.2, 0.25) is 0 Å². The molecule has 16 heavy (non-hydrogen) atoms. The van der Waals surface area contributed by atoms with E-state index in [4.69, 9.17) is 4.52 Å². The van der Waals surface area contributed by atoms with Gasteiger partial charge in [0, 0.05) is 19.0 Å². The Morgan fingerprint density at radius 1 is 1.38 bits per heavy atom. The molecular formula is C11H18N4O. The second kappa shape index (κ2) is 4.05. The molecule has 2 saturated heterocycles. The summed E-state index contributed by atoms with van der Waals surface area (Å²) in [6.45, 7) is 6.45. The second-order valence-corrected chi connectivity index (χ2v) is 4.83. The quantitative estimate of drug-likeness (QED) is 0.826. The fourth-order valence-corrected chi connectivity index (χ4v) is 2.32. The largest absolute Gasteiger partial charge is 0.338 e. The number of nitrogens with one attached hydrogen (secondary N) is 1. The molecule has 3 rings (SSSR count). The number of hydrogen-bond donors (Lipinski definition) is 1. The van der Waals surface area contributed by atoms with Crippen LogP contribution < -0.4 is 10.2 Å². The van der Waals surface area contributed by atoms with Crippen LogP contribution in [0.5, 0.6) is 0 Å². The van der Waals surface area contributed by atoms with E-state index in [9.17, 15) is 0 Å². The second-order valence-electron chi connectivity index (χ2n) is 4.83. The van der Waals surface area contributed by atoms with Crippen molar-refractivity contribution in [2.45, 2.75) is 25.7 Å². The Morgan fingerprint density at radius 3 is 2.75 bits per heavy atom. The lowest BCUT2D eigenvalue weighted by atomic mass is 9.89. The van der Waals surface area contributed by atoms with Gasteiger partial charge in [-0.25, -0.2) is 0 Å². The number of aromatic nitrogens is 2. The van der Waals surface area contributed by atoms with E-state index in [1.807, 2.05) is 0 Å². The highest BCUT2D eigenvalue weighted by Crippen LogP contribution is 2.27. The molecule has 0 aromatic carbocycles. The summed E-state index contributed by atoms with van der Waals surface area (Å²) in [5.74, 6) is 2.62. The normalized spacial score (nSPS) is 23.4. The van der Waals surface area contributed by atoms with E-state index in [1.165, 1.54) is 12.8 Å². The lowest BCUT2D eigenvalue weighted by Gasteiger charge is -2.30. The summed E-state index contributed by atoms with van der Waals surface area (Å²) in [5.41, 5.74) is 0. The third-order valence-electron chi connectivity index (χ3n) is 3.73. The fraction of sp³-hybridized carbons (Fsp3) is 0.818. The van der Waals surface area contributed by atoms with Gasteiger partial charge in [-0.05, 0) is 37.0 Å². The number of hydrogen-bond acceptors (Lipinski definition) is 5. The van der Waals surface area contributed by atoms with Crippen molar-refractivity contribution < 1.29 is 4.52 Å². The highest BCUT2D eigenvalue weighted by atomic mass is 16.5. The summed E-state index contributed by atoms with van der Waals surface area (Å²) in [6.07, 6.45) is 2.48. The molecule has 5 heteroatoms. The van der Waals surface area contributed by atoms with E-state index >= 15 is 0 Å². The lowest BCUT2D eigenvalue weighted by molar-refractivity contribution is 0.252. The van der Waals surface area contributed by atoms with Crippen molar-refractivity contribution in [1.82, 2.24) is 15.5 Å². The minimum absolute atomic E-state index is 0.380. The highest BCUT2D eigenvalue weighted by molar-refractivity contribution is 5.29. The molecule has 1 atom stereocenters. The predicted molar refractivity (Wildman–Crippen MR) is 60.5 cm³/mol. The monoisotopic (exact) mass is 222 g/mol. The Bertz CT molecular complexity index is 355. The van der Waals surface area contributed by atoms with Crippen LogP contribution in [-0.4, -0.2) is 36.3 Å². The Kier molecular flexibility index (Phi) is 2.55. The van der Waals surface area contributed by atoms with Crippen molar-refractivity contribution in [3.8, 4) is 0 Å². The Labute approximate surface area is 95.2 Å². The van der Waals surface area contributed by atoms with Gasteiger partial charge in [0.25, 0.3) is 5.95 Å². The van der Waals surface area contributed by atoms with Gasteiger partial charge in [-0.2, -0.15) is 4.98 Å². The van der Waals surface area contributed by atoms with Gasteiger partial charge in [0.1, 0.15) is 0 Å². The Balaban J connectivity index is 1.71. The average molecular weight is 222 g/mol. The molecule has 1 unspecified atom stereocenters. The van der Waals surface area contributed by atoms with Crippen molar-refractivity contribution in [2.24, 2.45) is 5.92 Å².